The van der Waals surface area contributed by atoms with E-state index in [2.05, 4.69) is 11.1 Å². The van der Waals surface area contributed by atoms with E-state index in [1.807, 2.05) is 0 Å². The Kier molecular flexibility index (Phi) is 3.35. The van der Waals surface area contributed by atoms with Crippen LogP contribution in [0.2, 0.25) is 0 Å². The van der Waals surface area contributed by atoms with E-state index in [1.54, 1.807) is 13.0 Å². The molecule has 0 rings (SSSR count). The highest BCUT2D eigenvalue weighted by molar-refractivity contribution is 7.63. The van der Waals surface area contributed by atoms with Crippen LogP contribution in [0.15, 0.2) is 11.9 Å². The molecule has 4 heteroatoms. The average molecular weight is 159 g/mol. The van der Waals surface area contributed by atoms with Gasteiger partial charge in [-0.2, -0.15) is 5.26 Å². The van der Waals surface area contributed by atoms with Gasteiger partial charge in [0.2, 0.25) is 7.37 Å². The number of hydrogen-bond donors (Lipinski definition) is 0. The van der Waals surface area contributed by atoms with Gasteiger partial charge in [0, 0.05) is 13.3 Å². The van der Waals surface area contributed by atoms with Crippen LogP contribution in [0.1, 0.15) is 6.92 Å². The van der Waals surface area contributed by atoms with Crippen molar-refractivity contribution in [3.8, 4) is 6.07 Å². The molecule has 0 N–H and O–H groups in total. The Morgan fingerprint density at radius 1 is 1.90 bits per heavy atom. The first-order valence-corrected chi connectivity index (χ1v) is 4.66. The molecule has 0 radical (unpaired) electrons. The second-order valence-corrected chi connectivity index (χ2v) is 4.62. The topological polar surface area (TPSA) is 50.1 Å². The van der Waals surface area contributed by atoms with Gasteiger partial charge in [-0.15, -0.1) is 0 Å². The maximum absolute atomic E-state index is 11.3. The second kappa shape index (κ2) is 3.55. The van der Waals surface area contributed by atoms with Gasteiger partial charge in [-0.05, 0) is 0 Å². The van der Waals surface area contributed by atoms with Crippen LogP contribution in [-0.2, 0) is 9.09 Å². The highest BCUT2D eigenvalue weighted by Crippen LogP contribution is 2.52. The molecule has 0 aliphatic rings. The van der Waals surface area contributed by atoms with Crippen LogP contribution < -0.4 is 0 Å². The predicted octanol–water partition coefficient (Wildman–Crippen LogP) is 1.97. The Bertz CT molecular complexity index is 208. The molecular weight excluding hydrogens is 149 g/mol. The fourth-order valence-corrected chi connectivity index (χ4v) is 1.52. The first-order chi connectivity index (χ1) is 4.60. The van der Waals surface area contributed by atoms with Crippen molar-refractivity contribution in [1.82, 2.24) is 0 Å². The van der Waals surface area contributed by atoms with E-state index in [9.17, 15) is 4.57 Å². The predicted molar refractivity (Wildman–Crippen MR) is 39.9 cm³/mol. The fourth-order valence-electron chi connectivity index (χ4n) is 0.506. The van der Waals surface area contributed by atoms with Gasteiger partial charge in [0.05, 0.1) is 0 Å². The minimum Gasteiger partial charge on any atom is -0.328 e. The Morgan fingerprint density at radius 3 is 2.50 bits per heavy atom. The summed E-state index contributed by atoms with van der Waals surface area (Å²) in [5.41, 5.74) is 0. The number of nitriles is 1. The van der Waals surface area contributed by atoms with Crippen LogP contribution >= 0.6 is 7.37 Å². The highest BCUT2D eigenvalue weighted by Gasteiger charge is 2.22. The van der Waals surface area contributed by atoms with Gasteiger partial charge in [-0.1, -0.05) is 13.5 Å². The second-order valence-electron chi connectivity index (χ2n) is 1.73. The lowest BCUT2D eigenvalue weighted by Crippen LogP contribution is -1.89. The Morgan fingerprint density at radius 2 is 2.40 bits per heavy atom. The molecule has 0 aliphatic heterocycles. The van der Waals surface area contributed by atoms with Crippen LogP contribution in [0.3, 0.4) is 0 Å². The molecule has 0 saturated heterocycles. The van der Waals surface area contributed by atoms with E-state index in [0.717, 1.165) is 0 Å². The summed E-state index contributed by atoms with van der Waals surface area (Å²) < 4.78 is 16.0. The fraction of sp³-hybridized carbons (Fsp3) is 0.500. The van der Waals surface area contributed by atoms with Gasteiger partial charge in [-0.3, -0.25) is 4.57 Å². The molecular formula is C6H10NO2P. The lowest BCUT2D eigenvalue weighted by molar-refractivity contribution is 0.402. The minimum atomic E-state index is -2.83. The standard InChI is InChI=1S/C6H10NO2P/c1-4-10(8,9-3)6(2)5-7/h2,4H2,1,3H3. The van der Waals surface area contributed by atoms with E-state index in [4.69, 9.17) is 5.26 Å². The molecule has 0 saturated carbocycles. The molecule has 0 aromatic carbocycles. The lowest BCUT2D eigenvalue weighted by Gasteiger charge is -2.10. The maximum Gasteiger partial charge on any atom is 0.241 e. The summed E-state index contributed by atoms with van der Waals surface area (Å²) in [4.78, 5) is 0. The highest BCUT2D eigenvalue weighted by atomic mass is 31.2. The monoisotopic (exact) mass is 159 g/mol. The van der Waals surface area contributed by atoms with Crippen molar-refractivity contribution < 1.29 is 9.09 Å². The number of rotatable bonds is 3. The van der Waals surface area contributed by atoms with Crippen molar-refractivity contribution >= 4 is 7.37 Å². The summed E-state index contributed by atoms with van der Waals surface area (Å²) in [7, 11) is -1.50. The van der Waals surface area contributed by atoms with E-state index in [1.165, 1.54) is 7.11 Å². The first kappa shape index (κ1) is 9.42. The number of allylic oxidation sites excluding steroid dienone is 1. The average Bonchev–Trinajstić information content (AvgIpc) is 2.01. The molecule has 0 amide bonds. The Labute approximate surface area is 60.8 Å². The zero-order chi connectivity index (χ0) is 8.20. The molecule has 0 heterocycles. The molecule has 1 atom stereocenters. The van der Waals surface area contributed by atoms with Crippen LogP contribution in [0.4, 0.5) is 0 Å². The van der Waals surface area contributed by atoms with Crippen molar-refractivity contribution in [2.45, 2.75) is 6.92 Å². The zero-order valence-corrected chi connectivity index (χ0v) is 7.02. The van der Waals surface area contributed by atoms with Crippen molar-refractivity contribution in [2.24, 2.45) is 0 Å². The van der Waals surface area contributed by atoms with Crippen LogP contribution in [0.5, 0.6) is 0 Å². The molecule has 0 bridgehead atoms. The molecule has 0 aromatic heterocycles. The zero-order valence-electron chi connectivity index (χ0n) is 6.13. The maximum atomic E-state index is 11.3. The van der Waals surface area contributed by atoms with E-state index >= 15 is 0 Å². The van der Waals surface area contributed by atoms with Crippen LogP contribution in [-0.4, -0.2) is 13.3 Å². The van der Waals surface area contributed by atoms with Gasteiger partial charge in [-0.25, -0.2) is 0 Å². The van der Waals surface area contributed by atoms with Crippen molar-refractivity contribution in [3.63, 3.8) is 0 Å². The summed E-state index contributed by atoms with van der Waals surface area (Å²) in [6.07, 6.45) is 0.329. The number of hydrogen-bond acceptors (Lipinski definition) is 3. The third kappa shape index (κ3) is 1.70. The molecule has 56 valence electrons. The normalized spacial score (nSPS) is 15.3. The third-order valence-electron chi connectivity index (χ3n) is 1.25. The van der Waals surface area contributed by atoms with Gasteiger partial charge in [0.1, 0.15) is 11.4 Å². The summed E-state index contributed by atoms with van der Waals surface area (Å²) in [5.74, 6) is 0. The molecule has 0 fully saturated rings. The Hall–Kier alpha value is -0.580. The van der Waals surface area contributed by atoms with Crippen molar-refractivity contribution in [2.75, 3.05) is 13.3 Å². The summed E-state index contributed by atoms with van der Waals surface area (Å²) in [6.45, 7) is 5.04. The SMILES string of the molecule is C=C(C#N)P(=O)(CC)OC. The minimum absolute atomic E-state index is 0.0394. The molecule has 0 aromatic rings. The van der Waals surface area contributed by atoms with Crippen LogP contribution in [0, 0.1) is 11.3 Å². The van der Waals surface area contributed by atoms with Gasteiger partial charge >= 0.3 is 0 Å². The smallest absolute Gasteiger partial charge is 0.241 e. The van der Waals surface area contributed by atoms with Crippen molar-refractivity contribution in [3.05, 3.63) is 11.9 Å². The summed E-state index contributed by atoms with van der Waals surface area (Å²) in [6, 6.07) is 1.72. The quantitative estimate of drug-likeness (QED) is 0.467. The van der Waals surface area contributed by atoms with Gasteiger partial charge < -0.3 is 4.52 Å². The molecule has 3 nitrogen and oxygen atoms in total. The van der Waals surface area contributed by atoms with Gasteiger partial charge in [0.15, 0.2) is 0 Å². The summed E-state index contributed by atoms with van der Waals surface area (Å²) >= 11 is 0. The van der Waals surface area contributed by atoms with E-state index < -0.39 is 7.37 Å². The lowest BCUT2D eigenvalue weighted by atomic mass is 10.7. The summed E-state index contributed by atoms with van der Waals surface area (Å²) in [5, 5.41) is 8.37. The third-order valence-corrected chi connectivity index (χ3v) is 3.60. The molecule has 0 spiro atoms. The molecule has 10 heavy (non-hydrogen) atoms. The number of nitrogens with zero attached hydrogens (tertiary/aromatic N) is 1. The van der Waals surface area contributed by atoms with Crippen LogP contribution in [0.25, 0.3) is 0 Å². The first-order valence-electron chi connectivity index (χ1n) is 2.85. The van der Waals surface area contributed by atoms with E-state index in [0.29, 0.717) is 6.16 Å². The van der Waals surface area contributed by atoms with Gasteiger partial charge in [0.25, 0.3) is 0 Å². The van der Waals surface area contributed by atoms with E-state index in [-0.39, 0.29) is 5.31 Å². The molecule has 0 aliphatic carbocycles. The van der Waals surface area contributed by atoms with Crippen molar-refractivity contribution in [1.29, 1.82) is 5.26 Å². The Balaban J connectivity index is 4.54. The largest absolute Gasteiger partial charge is 0.328 e. The molecule has 1 unspecified atom stereocenters.